The molecule has 14 heavy (non-hydrogen) atoms. The third kappa shape index (κ3) is 1.56. The summed E-state index contributed by atoms with van der Waals surface area (Å²) in [6.45, 7) is 2.90. The summed E-state index contributed by atoms with van der Waals surface area (Å²) in [4.78, 5) is 1.12. The first-order valence-electron chi connectivity index (χ1n) is 4.49. The molecule has 2 rings (SSSR count). The van der Waals surface area contributed by atoms with Crippen molar-refractivity contribution >= 4 is 11.3 Å². The van der Waals surface area contributed by atoms with Crippen LogP contribution in [-0.4, -0.2) is 14.8 Å². The molecule has 0 bridgehead atoms. The summed E-state index contributed by atoms with van der Waals surface area (Å²) in [5.74, 6) is 0.829. The smallest absolute Gasteiger partial charge is 0.155 e. The summed E-state index contributed by atoms with van der Waals surface area (Å²) < 4.78 is 1.96. The van der Waals surface area contributed by atoms with Crippen LogP contribution in [0, 0.1) is 0 Å². The van der Waals surface area contributed by atoms with Crippen LogP contribution in [0.4, 0.5) is 0 Å². The zero-order valence-electron chi connectivity index (χ0n) is 7.92. The molecule has 2 heterocycles. The van der Waals surface area contributed by atoms with Gasteiger partial charge in [0.15, 0.2) is 5.82 Å². The summed E-state index contributed by atoms with van der Waals surface area (Å²) >= 11 is 1.64. The predicted molar refractivity (Wildman–Crippen MR) is 56.0 cm³/mol. The van der Waals surface area contributed by atoms with E-state index in [0.29, 0.717) is 0 Å². The van der Waals surface area contributed by atoms with Crippen LogP contribution in [0.2, 0.25) is 0 Å². The zero-order chi connectivity index (χ0) is 9.97. The fourth-order valence-electron chi connectivity index (χ4n) is 1.34. The molecule has 2 N–H and O–H groups in total. The fraction of sp³-hybridized carbons (Fsp3) is 0.333. The Hall–Kier alpha value is -1.20. The summed E-state index contributed by atoms with van der Waals surface area (Å²) in [6.07, 6.45) is 1.71. The average molecular weight is 208 g/mol. The molecule has 5 heteroatoms. The van der Waals surface area contributed by atoms with Crippen molar-refractivity contribution in [3.05, 3.63) is 34.5 Å². The molecule has 0 amide bonds. The van der Waals surface area contributed by atoms with E-state index in [-0.39, 0.29) is 6.04 Å². The molecule has 0 aromatic carbocycles. The molecular formula is C9H12N4S. The van der Waals surface area contributed by atoms with Crippen LogP contribution >= 0.6 is 11.3 Å². The van der Waals surface area contributed by atoms with E-state index >= 15 is 0 Å². The van der Waals surface area contributed by atoms with Crippen LogP contribution in [0.1, 0.15) is 23.7 Å². The van der Waals surface area contributed by atoms with Crippen molar-refractivity contribution in [1.29, 1.82) is 0 Å². The van der Waals surface area contributed by atoms with Gasteiger partial charge in [0.25, 0.3) is 0 Å². The molecule has 1 atom stereocenters. The molecule has 1 unspecified atom stereocenters. The summed E-state index contributed by atoms with van der Waals surface area (Å²) in [5, 5.41) is 9.91. The van der Waals surface area contributed by atoms with E-state index in [0.717, 1.165) is 17.2 Å². The van der Waals surface area contributed by atoms with Gasteiger partial charge in [-0.15, -0.1) is 21.5 Å². The third-order valence-electron chi connectivity index (χ3n) is 2.11. The first kappa shape index (κ1) is 9.36. The van der Waals surface area contributed by atoms with Crippen molar-refractivity contribution in [2.75, 3.05) is 0 Å². The molecule has 0 spiro atoms. The fourth-order valence-corrected chi connectivity index (χ4v) is 2.07. The number of hydrogen-bond acceptors (Lipinski definition) is 4. The van der Waals surface area contributed by atoms with Crippen LogP contribution in [-0.2, 0) is 6.54 Å². The van der Waals surface area contributed by atoms with Gasteiger partial charge in [-0.2, -0.15) is 0 Å². The van der Waals surface area contributed by atoms with Crippen LogP contribution in [0.25, 0.3) is 0 Å². The minimum atomic E-state index is -0.155. The maximum atomic E-state index is 6.07. The maximum absolute atomic E-state index is 6.07. The Kier molecular flexibility index (Phi) is 2.60. The molecular weight excluding hydrogens is 196 g/mol. The molecule has 4 nitrogen and oxygen atoms in total. The van der Waals surface area contributed by atoms with Crippen molar-refractivity contribution in [3.63, 3.8) is 0 Å². The summed E-state index contributed by atoms with van der Waals surface area (Å²) in [7, 11) is 0. The van der Waals surface area contributed by atoms with Gasteiger partial charge in [0.05, 0.1) is 0 Å². The molecule has 0 aliphatic carbocycles. The lowest BCUT2D eigenvalue weighted by atomic mass is 10.2. The Morgan fingerprint density at radius 3 is 3.14 bits per heavy atom. The molecule has 0 fully saturated rings. The summed E-state index contributed by atoms with van der Waals surface area (Å²) in [5.41, 5.74) is 6.07. The largest absolute Gasteiger partial charge is 0.317 e. The lowest BCUT2D eigenvalue weighted by Gasteiger charge is -2.09. The van der Waals surface area contributed by atoms with Gasteiger partial charge in [0.1, 0.15) is 12.4 Å². The standard InChI is InChI=1S/C9H12N4S/c1-2-13-6-11-12-9(13)8(10)7-4-3-5-14-7/h3-6,8H,2,10H2,1H3. The predicted octanol–water partition coefficient (Wildman–Crippen LogP) is 1.41. The van der Waals surface area contributed by atoms with E-state index in [2.05, 4.69) is 10.2 Å². The van der Waals surface area contributed by atoms with E-state index in [1.54, 1.807) is 17.7 Å². The normalized spacial score (nSPS) is 13.0. The first-order valence-corrected chi connectivity index (χ1v) is 5.37. The Balaban J connectivity index is 2.31. The highest BCUT2D eigenvalue weighted by Gasteiger charge is 2.15. The second-order valence-electron chi connectivity index (χ2n) is 2.97. The lowest BCUT2D eigenvalue weighted by molar-refractivity contribution is 0.661. The van der Waals surface area contributed by atoms with Crippen LogP contribution in [0.15, 0.2) is 23.8 Å². The van der Waals surface area contributed by atoms with Gasteiger partial charge < -0.3 is 10.3 Å². The number of nitrogens with zero attached hydrogens (tertiary/aromatic N) is 3. The van der Waals surface area contributed by atoms with Crippen molar-refractivity contribution in [2.24, 2.45) is 5.73 Å². The Labute approximate surface area is 86.4 Å². The average Bonchev–Trinajstić information content (AvgIpc) is 2.87. The van der Waals surface area contributed by atoms with E-state index in [1.807, 2.05) is 29.0 Å². The van der Waals surface area contributed by atoms with Crippen LogP contribution in [0.3, 0.4) is 0 Å². The van der Waals surface area contributed by atoms with Crippen LogP contribution in [0.5, 0.6) is 0 Å². The van der Waals surface area contributed by atoms with Gasteiger partial charge in [-0.3, -0.25) is 0 Å². The zero-order valence-corrected chi connectivity index (χ0v) is 8.74. The summed E-state index contributed by atoms with van der Waals surface area (Å²) in [6, 6.07) is 3.86. The van der Waals surface area contributed by atoms with Crippen LogP contribution < -0.4 is 5.73 Å². The van der Waals surface area contributed by atoms with Crippen molar-refractivity contribution < 1.29 is 0 Å². The molecule has 0 saturated heterocycles. The van der Waals surface area contributed by atoms with Crippen molar-refractivity contribution in [1.82, 2.24) is 14.8 Å². The number of thiophene rings is 1. The number of hydrogen-bond donors (Lipinski definition) is 1. The SMILES string of the molecule is CCn1cnnc1C(N)c1cccs1. The second kappa shape index (κ2) is 3.89. The third-order valence-corrected chi connectivity index (χ3v) is 3.07. The van der Waals surface area contributed by atoms with Gasteiger partial charge in [-0.1, -0.05) is 6.07 Å². The van der Waals surface area contributed by atoms with Crippen molar-refractivity contribution in [2.45, 2.75) is 19.5 Å². The molecule has 0 aliphatic heterocycles. The van der Waals surface area contributed by atoms with Gasteiger partial charge in [-0.25, -0.2) is 0 Å². The molecule has 0 saturated carbocycles. The first-order chi connectivity index (χ1) is 6.83. The van der Waals surface area contributed by atoms with Gasteiger partial charge in [0, 0.05) is 11.4 Å². The quantitative estimate of drug-likeness (QED) is 0.829. The van der Waals surface area contributed by atoms with Gasteiger partial charge >= 0.3 is 0 Å². The molecule has 74 valence electrons. The number of aromatic nitrogens is 3. The van der Waals surface area contributed by atoms with E-state index < -0.39 is 0 Å². The van der Waals surface area contributed by atoms with E-state index in [4.69, 9.17) is 5.73 Å². The number of aryl methyl sites for hydroxylation is 1. The number of rotatable bonds is 3. The van der Waals surface area contributed by atoms with E-state index in [9.17, 15) is 0 Å². The van der Waals surface area contributed by atoms with Gasteiger partial charge in [-0.05, 0) is 18.4 Å². The Morgan fingerprint density at radius 2 is 2.50 bits per heavy atom. The highest BCUT2D eigenvalue weighted by Crippen LogP contribution is 2.21. The Morgan fingerprint density at radius 1 is 1.64 bits per heavy atom. The van der Waals surface area contributed by atoms with Gasteiger partial charge in [0.2, 0.25) is 0 Å². The lowest BCUT2D eigenvalue weighted by Crippen LogP contribution is -2.16. The highest BCUT2D eigenvalue weighted by molar-refractivity contribution is 7.10. The minimum absolute atomic E-state index is 0.155. The van der Waals surface area contributed by atoms with E-state index in [1.165, 1.54) is 0 Å². The second-order valence-corrected chi connectivity index (χ2v) is 3.95. The topological polar surface area (TPSA) is 56.7 Å². The highest BCUT2D eigenvalue weighted by atomic mass is 32.1. The molecule has 0 aliphatic rings. The molecule has 2 aromatic heterocycles. The Bertz CT molecular complexity index is 393. The number of nitrogens with two attached hydrogens (primary N) is 1. The molecule has 0 radical (unpaired) electrons. The molecule has 2 aromatic rings. The van der Waals surface area contributed by atoms with Crippen molar-refractivity contribution in [3.8, 4) is 0 Å². The monoisotopic (exact) mass is 208 g/mol. The minimum Gasteiger partial charge on any atom is -0.317 e. The maximum Gasteiger partial charge on any atom is 0.155 e.